The van der Waals surface area contributed by atoms with E-state index in [0.717, 1.165) is 4.88 Å². The first-order valence-corrected chi connectivity index (χ1v) is 9.95. The summed E-state index contributed by atoms with van der Waals surface area (Å²) in [5, 5.41) is 2.72. The number of hydrogen-bond acceptors (Lipinski definition) is 6. The lowest BCUT2D eigenvalue weighted by molar-refractivity contribution is -0.125. The lowest BCUT2D eigenvalue weighted by atomic mass is 10.1. The fourth-order valence-electron chi connectivity index (χ4n) is 2.52. The first kappa shape index (κ1) is 21.6. The lowest BCUT2D eigenvalue weighted by Gasteiger charge is -2.10. The van der Waals surface area contributed by atoms with Gasteiger partial charge in [0.1, 0.15) is 12.4 Å². The summed E-state index contributed by atoms with van der Waals surface area (Å²) >= 11 is 1.43. The molecule has 1 N–H and O–H groups in total. The lowest BCUT2D eigenvalue weighted by Crippen LogP contribution is -2.28. The Morgan fingerprint density at radius 1 is 0.964 bits per heavy atom. The van der Waals surface area contributed by atoms with Gasteiger partial charge in [-0.15, -0.1) is 11.3 Å². The van der Waals surface area contributed by atoms with E-state index in [1.807, 2.05) is 25.1 Å². The molecule has 1 heterocycles. The zero-order chi connectivity index (χ0) is 20.4. The number of hydrogen-bond donors (Lipinski definition) is 1. The Labute approximate surface area is 168 Å². The van der Waals surface area contributed by atoms with Gasteiger partial charge in [0.15, 0.2) is 17.3 Å². The quantitative estimate of drug-likeness (QED) is 0.433. The topological polar surface area (TPSA) is 81.7 Å². The molecule has 0 saturated carbocycles. The molecule has 0 aliphatic heterocycles. The molecule has 1 aromatic heterocycles. The summed E-state index contributed by atoms with van der Waals surface area (Å²) < 4.78 is 10.8. The maximum Gasteiger partial charge on any atom is 0.220 e. The molecule has 0 saturated heterocycles. The van der Waals surface area contributed by atoms with Gasteiger partial charge in [0.05, 0.1) is 18.5 Å². The second-order valence-corrected chi connectivity index (χ2v) is 7.51. The standard InChI is InChI=1S/C21H25NO5S/c1-15-7-11-20(28-15)17(24)10-8-16(23)9-12-21(25)22-13-14-27-19-6-4-3-5-18(19)26-2/h3-7,11H,8-10,12-14H2,1-2H3,(H,22,25). The molecule has 1 amide bonds. The van der Waals surface area contributed by atoms with Crippen LogP contribution in [0.15, 0.2) is 36.4 Å². The van der Waals surface area contributed by atoms with E-state index in [0.29, 0.717) is 29.5 Å². The van der Waals surface area contributed by atoms with Crippen LogP contribution in [0.2, 0.25) is 0 Å². The van der Waals surface area contributed by atoms with Gasteiger partial charge in [-0.3, -0.25) is 14.4 Å². The normalized spacial score (nSPS) is 10.4. The number of nitrogens with one attached hydrogen (secondary N) is 1. The molecule has 0 spiro atoms. The Morgan fingerprint density at radius 3 is 2.36 bits per heavy atom. The number of para-hydroxylation sites is 2. The number of ketones is 2. The summed E-state index contributed by atoms with van der Waals surface area (Å²) in [6.45, 7) is 2.57. The maximum absolute atomic E-state index is 12.0. The number of thiophene rings is 1. The van der Waals surface area contributed by atoms with Crippen LogP contribution < -0.4 is 14.8 Å². The Kier molecular flexibility index (Phi) is 8.68. The van der Waals surface area contributed by atoms with E-state index >= 15 is 0 Å². The van der Waals surface area contributed by atoms with Crippen molar-refractivity contribution >= 4 is 28.8 Å². The van der Waals surface area contributed by atoms with Gasteiger partial charge < -0.3 is 14.8 Å². The average Bonchev–Trinajstić information content (AvgIpc) is 3.14. The molecule has 0 bridgehead atoms. The number of carbonyl (C=O) groups excluding carboxylic acids is 3. The molecule has 28 heavy (non-hydrogen) atoms. The van der Waals surface area contributed by atoms with Gasteiger partial charge in [0, 0.05) is 30.6 Å². The fourth-order valence-corrected chi connectivity index (χ4v) is 3.35. The summed E-state index contributed by atoms with van der Waals surface area (Å²) in [5.74, 6) is 0.926. The van der Waals surface area contributed by atoms with Crippen LogP contribution in [0.5, 0.6) is 11.5 Å². The number of carbonyl (C=O) groups is 3. The van der Waals surface area contributed by atoms with Crippen LogP contribution in [0.1, 0.15) is 40.2 Å². The fraction of sp³-hybridized carbons (Fsp3) is 0.381. The highest BCUT2D eigenvalue weighted by Gasteiger charge is 2.12. The minimum Gasteiger partial charge on any atom is -0.493 e. The summed E-state index contributed by atoms with van der Waals surface area (Å²) in [6.07, 6.45) is 0.600. The third-order valence-electron chi connectivity index (χ3n) is 4.03. The molecule has 2 aromatic rings. The molecule has 0 fully saturated rings. The third kappa shape index (κ3) is 7.15. The SMILES string of the molecule is COc1ccccc1OCCNC(=O)CCC(=O)CCC(=O)c1ccc(C)s1. The molecule has 0 aliphatic carbocycles. The Bertz CT molecular complexity index is 815. The van der Waals surface area contributed by atoms with E-state index < -0.39 is 0 Å². The monoisotopic (exact) mass is 403 g/mol. The Morgan fingerprint density at radius 2 is 1.68 bits per heavy atom. The first-order valence-electron chi connectivity index (χ1n) is 9.13. The van der Waals surface area contributed by atoms with E-state index in [-0.39, 0.29) is 43.2 Å². The number of amides is 1. The zero-order valence-corrected chi connectivity index (χ0v) is 17.0. The Hall–Kier alpha value is -2.67. The molecule has 0 radical (unpaired) electrons. The maximum atomic E-state index is 12.0. The van der Waals surface area contributed by atoms with Crippen molar-refractivity contribution in [3.05, 3.63) is 46.2 Å². The van der Waals surface area contributed by atoms with Gasteiger partial charge in [-0.2, -0.15) is 0 Å². The van der Waals surface area contributed by atoms with Gasteiger partial charge in [-0.05, 0) is 31.2 Å². The molecule has 150 valence electrons. The van der Waals surface area contributed by atoms with Crippen LogP contribution in [0.4, 0.5) is 0 Å². The van der Waals surface area contributed by atoms with Crippen molar-refractivity contribution < 1.29 is 23.9 Å². The van der Waals surface area contributed by atoms with E-state index in [2.05, 4.69) is 5.32 Å². The van der Waals surface area contributed by atoms with Crippen molar-refractivity contribution in [2.75, 3.05) is 20.3 Å². The highest BCUT2D eigenvalue weighted by molar-refractivity contribution is 7.14. The summed E-state index contributed by atoms with van der Waals surface area (Å²) in [5.41, 5.74) is 0. The molecule has 6 nitrogen and oxygen atoms in total. The van der Waals surface area contributed by atoms with Gasteiger partial charge in [-0.25, -0.2) is 0 Å². The van der Waals surface area contributed by atoms with E-state index in [1.165, 1.54) is 11.3 Å². The van der Waals surface area contributed by atoms with Gasteiger partial charge in [0.2, 0.25) is 5.91 Å². The second kappa shape index (κ2) is 11.2. The molecule has 1 aromatic carbocycles. The van der Waals surface area contributed by atoms with E-state index in [4.69, 9.17) is 9.47 Å². The van der Waals surface area contributed by atoms with Crippen molar-refractivity contribution in [3.63, 3.8) is 0 Å². The average molecular weight is 404 g/mol. The van der Waals surface area contributed by atoms with Gasteiger partial charge >= 0.3 is 0 Å². The van der Waals surface area contributed by atoms with Crippen molar-refractivity contribution in [1.29, 1.82) is 0 Å². The first-order chi connectivity index (χ1) is 13.5. The predicted octanol–water partition coefficient (Wildman–Crippen LogP) is 3.57. The van der Waals surface area contributed by atoms with E-state index in [9.17, 15) is 14.4 Å². The molecular weight excluding hydrogens is 378 g/mol. The van der Waals surface area contributed by atoms with Crippen LogP contribution in [0.3, 0.4) is 0 Å². The van der Waals surface area contributed by atoms with E-state index in [1.54, 1.807) is 25.3 Å². The number of aryl methyl sites for hydroxylation is 1. The van der Waals surface area contributed by atoms with Crippen LogP contribution in [-0.4, -0.2) is 37.7 Å². The highest BCUT2D eigenvalue weighted by atomic mass is 32.1. The van der Waals surface area contributed by atoms with Crippen molar-refractivity contribution in [2.45, 2.75) is 32.6 Å². The van der Waals surface area contributed by atoms with Crippen LogP contribution >= 0.6 is 11.3 Å². The summed E-state index contributed by atoms with van der Waals surface area (Å²) in [7, 11) is 1.57. The van der Waals surface area contributed by atoms with Crippen molar-refractivity contribution in [3.8, 4) is 11.5 Å². The van der Waals surface area contributed by atoms with Gasteiger partial charge in [0.25, 0.3) is 0 Å². The number of Topliss-reactive ketones (excluding diaryl/α,β-unsaturated/α-hetero) is 2. The molecular formula is C21H25NO5S. The number of methoxy groups -OCH3 is 1. The smallest absolute Gasteiger partial charge is 0.220 e. The molecule has 0 unspecified atom stereocenters. The minimum absolute atomic E-state index is 0.0237. The molecule has 0 atom stereocenters. The molecule has 7 heteroatoms. The van der Waals surface area contributed by atoms with Crippen LogP contribution in [-0.2, 0) is 9.59 Å². The zero-order valence-electron chi connectivity index (χ0n) is 16.2. The molecule has 2 rings (SSSR count). The van der Waals surface area contributed by atoms with Crippen LogP contribution in [0, 0.1) is 6.92 Å². The van der Waals surface area contributed by atoms with Gasteiger partial charge in [-0.1, -0.05) is 12.1 Å². The highest BCUT2D eigenvalue weighted by Crippen LogP contribution is 2.25. The van der Waals surface area contributed by atoms with Crippen molar-refractivity contribution in [2.24, 2.45) is 0 Å². The number of ether oxygens (including phenoxy) is 2. The number of benzene rings is 1. The summed E-state index contributed by atoms with van der Waals surface area (Å²) in [6, 6.07) is 10.9. The van der Waals surface area contributed by atoms with Crippen molar-refractivity contribution in [1.82, 2.24) is 5.32 Å². The predicted molar refractivity (Wildman–Crippen MR) is 108 cm³/mol. The molecule has 0 aliphatic rings. The Balaban J connectivity index is 1.59. The second-order valence-electron chi connectivity index (χ2n) is 6.22. The summed E-state index contributed by atoms with van der Waals surface area (Å²) in [4.78, 5) is 37.5. The number of rotatable bonds is 12. The third-order valence-corrected chi connectivity index (χ3v) is 5.07. The minimum atomic E-state index is -0.211. The largest absolute Gasteiger partial charge is 0.493 e. The van der Waals surface area contributed by atoms with Crippen LogP contribution in [0.25, 0.3) is 0 Å².